The minimum absolute atomic E-state index is 0.0764. The van der Waals surface area contributed by atoms with E-state index in [4.69, 9.17) is 0 Å². The summed E-state index contributed by atoms with van der Waals surface area (Å²) >= 11 is 3.23. The quantitative estimate of drug-likeness (QED) is 0.905. The molecule has 0 fully saturated rings. The van der Waals surface area contributed by atoms with Crippen molar-refractivity contribution in [3.05, 3.63) is 26.3 Å². The molecule has 1 heterocycles. The molecule has 0 aliphatic rings. The van der Waals surface area contributed by atoms with E-state index in [2.05, 4.69) is 39.7 Å². The standard InChI is InChI=1S/C10H15BrN2O/c1-4-7-9(11)10(14)13-8(12-7)5-6(2)3/h6H,4-5H2,1-3H3,(H,12,13,14). The molecule has 0 amide bonds. The second-order valence-corrected chi connectivity index (χ2v) is 4.52. The van der Waals surface area contributed by atoms with Crippen LogP contribution in [0, 0.1) is 5.92 Å². The van der Waals surface area contributed by atoms with Crippen LogP contribution in [0.5, 0.6) is 0 Å². The lowest BCUT2D eigenvalue weighted by molar-refractivity contribution is 0.614. The van der Waals surface area contributed by atoms with Crippen molar-refractivity contribution in [1.29, 1.82) is 0 Å². The molecule has 0 aliphatic carbocycles. The van der Waals surface area contributed by atoms with Crippen molar-refractivity contribution in [1.82, 2.24) is 9.97 Å². The van der Waals surface area contributed by atoms with Crippen molar-refractivity contribution in [2.45, 2.75) is 33.6 Å². The Balaban J connectivity index is 3.10. The SMILES string of the molecule is CCc1nc(CC(C)C)[nH]c(=O)c1Br. The van der Waals surface area contributed by atoms with E-state index in [1.54, 1.807) is 0 Å². The molecule has 3 nitrogen and oxygen atoms in total. The molecule has 0 saturated carbocycles. The van der Waals surface area contributed by atoms with Gasteiger partial charge < -0.3 is 4.98 Å². The van der Waals surface area contributed by atoms with E-state index in [1.165, 1.54) is 0 Å². The number of aromatic amines is 1. The van der Waals surface area contributed by atoms with E-state index < -0.39 is 0 Å². The zero-order valence-corrected chi connectivity index (χ0v) is 10.3. The van der Waals surface area contributed by atoms with Gasteiger partial charge in [-0.3, -0.25) is 4.79 Å². The summed E-state index contributed by atoms with van der Waals surface area (Å²) < 4.78 is 0.563. The third-order valence-corrected chi connectivity index (χ3v) is 2.73. The molecule has 78 valence electrons. The number of hydrogen-bond acceptors (Lipinski definition) is 2. The largest absolute Gasteiger partial charge is 0.310 e. The topological polar surface area (TPSA) is 45.8 Å². The molecule has 0 aromatic carbocycles. The molecule has 0 bridgehead atoms. The summed E-state index contributed by atoms with van der Waals surface area (Å²) in [6.45, 7) is 6.20. The molecule has 14 heavy (non-hydrogen) atoms. The van der Waals surface area contributed by atoms with Gasteiger partial charge in [-0.05, 0) is 28.3 Å². The lowest BCUT2D eigenvalue weighted by Gasteiger charge is -2.06. The first-order valence-electron chi connectivity index (χ1n) is 4.82. The van der Waals surface area contributed by atoms with Gasteiger partial charge in [0.25, 0.3) is 5.56 Å². The monoisotopic (exact) mass is 258 g/mol. The van der Waals surface area contributed by atoms with Gasteiger partial charge in [0, 0.05) is 6.42 Å². The van der Waals surface area contributed by atoms with E-state index in [9.17, 15) is 4.79 Å². The highest BCUT2D eigenvalue weighted by atomic mass is 79.9. The molecule has 0 radical (unpaired) electrons. The molecular weight excluding hydrogens is 244 g/mol. The van der Waals surface area contributed by atoms with Crippen LogP contribution in [-0.2, 0) is 12.8 Å². The molecule has 0 saturated heterocycles. The number of halogens is 1. The Labute approximate surface area is 92.1 Å². The predicted molar refractivity (Wildman–Crippen MR) is 60.5 cm³/mol. The summed E-state index contributed by atoms with van der Waals surface area (Å²) in [5.41, 5.74) is 0.761. The second-order valence-electron chi connectivity index (χ2n) is 3.72. The van der Waals surface area contributed by atoms with Gasteiger partial charge >= 0.3 is 0 Å². The normalized spacial score (nSPS) is 10.9. The first kappa shape index (κ1) is 11.4. The second kappa shape index (κ2) is 4.73. The minimum atomic E-state index is -0.0764. The van der Waals surface area contributed by atoms with Crippen LogP contribution in [0.2, 0.25) is 0 Å². The van der Waals surface area contributed by atoms with Crippen LogP contribution in [-0.4, -0.2) is 9.97 Å². The maximum absolute atomic E-state index is 11.5. The van der Waals surface area contributed by atoms with Crippen LogP contribution in [0.4, 0.5) is 0 Å². The Morgan fingerprint density at radius 3 is 2.64 bits per heavy atom. The number of nitrogens with one attached hydrogen (secondary N) is 1. The maximum Gasteiger partial charge on any atom is 0.265 e. The number of aryl methyl sites for hydroxylation is 1. The van der Waals surface area contributed by atoms with Crippen LogP contribution in [0.25, 0.3) is 0 Å². The summed E-state index contributed by atoms with van der Waals surface area (Å²) in [6.07, 6.45) is 1.59. The molecule has 1 aromatic heterocycles. The van der Waals surface area contributed by atoms with Gasteiger partial charge in [-0.1, -0.05) is 20.8 Å². The van der Waals surface area contributed by atoms with Gasteiger partial charge in [0.15, 0.2) is 0 Å². The van der Waals surface area contributed by atoms with Crippen molar-refractivity contribution >= 4 is 15.9 Å². The van der Waals surface area contributed by atoms with E-state index in [0.717, 1.165) is 24.4 Å². The van der Waals surface area contributed by atoms with Crippen LogP contribution < -0.4 is 5.56 Å². The Morgan fingerprint density at radius 1 is 1.50 bits per heavy atom. The molecule has 1 rings (SSSR count). The van der Waals surface area contributed by atoms with E-state index in [1.807, 2.05) is 6.92 Å². The Hall–Kier alpha value is -0.640. The summed E-state index contributed by atoms with van der Waals surface area (Å²) in [7, 11) is 0. The van der Waals surface area contributed by atoms with Gasteiger partial charge in [0.1, 0.15) is 10.3 Å². The lowest BCUT2D eigenvalue weighted by Crippen LogP contribution is -2.16. The molecule has 1 N–H and O–H groups in total. The van der Waals surface area contributed by atoms with Gasteiger partial charge in [-0.2, -0.15) is 0 Å². The number of H-pyrrole nitrogens is 1. The third-order valence-electron chi connectivity index (χ3n) is 1.92. The van der Waals surface area contributed by atoms with Gasteiger partial charge in [-0.15, -0.1) is 0 Å². The zero-order chi connectivity index (χ0) is 10.7. The molecule has 0 unspecified atom stereocenters. The molecule has 1 aromatic rings. The number of rotatable bonds is 3. The summed E-state index contributed by atoms with van der Waals surface area (Å²) in [6, 6.07) is 0. The summed E-state index contributed by atoms with van der Waals surface area (Å²) in [4.78, 5) is 18.6. The third kappa shape index (κ3) is 2.67. The first-order chi connectivity index (χ1) is 6.54. The molecule has 4 heteroatoms. The number of hydrogen-bond donors (Lipinski definition) is 1. The highest BCUT2D eigenvalue weighted by Gasteiger charge is 2.07. The van der Waals surface area contributed by atoms with E-state index in [0.29, 0.717) is 10.4 Å². The zero-order valence-electron chi connectivity index (χ0n) is 8.72. The highest BCUT2D eigenvalue weighted by molar-refractivity contribution is 9.10. The minimum Gasteiger partial charge on any atom is -0.310 e. The number of aromatic nitrogens is 2. The smallest absolute Gasteiger partial charge is 0.265 e. The highest BCUT2D eigenvalue weighted by Crippen LogP contribution is 2.10. The van der Waals surface area contributed by atoms with Crippen molar-refractivity contribution in [2.75, 3.05) is 0 Å². The van der Waals surface area contributed by atoms with Crippen molar-refractivity contribution in [2.24, 2.45) is 5.92 Å². The molecule has 0 atom stereocenters. The maximum atomic E-state index is 11.5. The van der Waals surface area contributed by atoms with Gasteiger partial charge in [0.2, 0.25) is 0 Å². The lowest BCUT2D eigenvalue weighted by atomic mass is 10.1. The van der Waals surface area contributed by atoms with E-state index in [-0.39, 0.29) is 5.56 Å². The number of nitrogens with zero attached hydrogens (tertiary/aromatic N) is 1. The molecular formula is C10H15BrN2O. The van der Waals surface area contributed by atoms with E-state index >= 15 is 0 Å². The molecule has 0 aliphatic heterocycles. The summed E-state index contributed by atoms with van der Waals surface area (Å²) in [5, 5.41) is 0. The summed E-state index contributed by atoms with van der Waals surface area (Å²) in [5.74, 6) is 1.29. The van der Waals surface area contributed by atoms with Crippen LogP contribution in [0.1, 0.15) is 32.3 Å². The molecule has 0 spiro atoms. The van der Waals surface area contributed by atoms with Crippen LogP contribution >= 0.6 is 15.9 Å². The average Bonchev–Trinajstić information content (AvgIpc) is 2.10. The van der Waals surface area contributed by atoms with Crippen LogP contribution in [0.15, 0.2) is 9.27 Å². The fraction of sp³-hybridized carbons (Fsp3) is 0.600. The van der Waals surface area contributed by atoms with Crippen molar-refractivity contribution < 1.29 is 0 Å². The van der Waals surface area contributed by atoms with Crippen LogP contribution in [0.3, 0.4) is 0 Å². The fourth-order valence-corrected chi connectivity index (χ4v) is 1.74. The Bertz CT molecular complexity index is 371. The average molecular weight is 259 g/mol. The van der Waals surface area contributed by atoms with Crippen molar-refractivity contribution in [3.8, 4) is 0 Å². The van der Waals surface area contributed by atoms with Crippen molar-refractivity contribution in [3.63, 3.8) is 0 Å². The first-order valence-corrected chi connectivity index (χ1v) is 5.61. The Morgan fingerprint density at radius 2 is 2.14 bits per heavy atom. The fourth-order valence-electron chi connectivity index (χ4n) is 1.27. The van der Waals surface area contributed by atoms with Gasteiger partial charge in [-0.25, -0.2) is 4.98 Å². The Kier molecular flexibility index (Phi) is 3.86. The predicted octanol–water partition coefficient (Wildman–Crippen LogP) is 2.29. The van der Waals surface area contributed by atoms with Gasteiger partial charge in [0.05, 0.1) is 5.69 Å².